The van der Waals surface area contributed by atoms with E-state index in [-0.39, 0.29) is 12.4 Å². The summed E-state index contributed by atoms with van der Waals surface area (Å²) in [5, 5.41) is 17.0. The second-order valence-electron chi connectivity index (χ2n) is 2.75. The van der Waals surface area contributed by atoms with Crippen LogP contribution in [0.4, 0.5) is 0 Å². The van der Waals surface area contributed by atoms with Crippen LogP contribution in [0.5, 0.6) is 0 Å². The molecule has 0 aliphatic rings. The summed E-state index contributed by atoms with van der Waals surface area (Å²) < 4.78 is 5.01. The third-order valence-electron chi connectivity index (χ3n) is 1.70. The molecule has 0 aliphatic heterocycles. The predicted molar refractivity (Wildman–Crippen MR) is 45.7 cm³/mol. The molecule has 0 unspecified atom stereocenters. The highest BCUT2D eigenvalue weighted by Gasteiger charge is 2.07. The van der Waals surface area contributed by atoms with Crippen LogP contribution in [0.2, 0.25) is 0 Å². The van der Waals surface area contributed by atoms with E-state index >= 15 is 0 Å². The Balaban J connectivity index is 2.44. The third-order valence-corrected chi connectivity index (χ3v) is 1.70. The van der Waals surface area contributed by atoms with Gasteiger partial charge in [0.15, 0.2) is 0 Å². The Labute approximate surface area is 75.8 Å². The fourth-order valence-corrected chi connectivity index (χ4v) is 1.04. The standard InChI is InChI=1S/C9H12O4/c10-6-2-1-3-7-4-5-8(13-7)9(11)12/h4-5,10H,1-3,6H2,(H,11,12). The van der Waals surface area contributed by atoms with E-state index in [1.807, 2.05) is 0 Å². The number of carbonyl (C=O) groups is 1. The van der Waals surface area contributed by atoms with Crippen molar-refractivity contribution in [1.29, 1.82) is 0 Å². The van der Waals surface area contributed by atoms with Gasteiger partial charge in [0.05, 0.1) is 0 Å². The van der Waals surface area contributed by atoms with Crippen molar-refractivity contribution in [2.75, 3.05) is 6.61 Å². The van der Waals surface area contributed by atoms with E-state index < -0.39 is 5.97 Å². The second kappa shape index (κ2) is 4.67. The minimum absolute atomic E-state index is 0.0287. The average Bonchev–Trinajstić information content (AvgIpc) is 2.53. The molecular weight excluding hydrogens is 172 g/mol. The summed E-state index contributed by atoms with van der Waals surface area (Å²) in [6, 6.07) is 3.09. The van der Waals surface area contributed by atoms with Crippen LogP contribution in [-0.2, 0) is 6.42 Å². The highest BCUT2D eigenvalue weighted by atomic mass is 16.4. The summed E-state index contributed by atoms with van der Waals surface area (Å²) in [5.41, 5.74) is 0. The zero-order valence-corrected chi connectivity index (χ0v) is 7.19. The van der Waals surface area contributed by atoms with Crippen molar-refractivity contribution < 1.29 is 19.4 Å². The van der Waals surface area contributed by atoms with Gasteiger partial charge in [0.2, 0.25) is 5.76 Å². The number of rotatable bonds is 5. The maximum absolute atomic E-state index is 10.4. The lowest BCUT2D eigenvalue weighted by Crippen LogP contribution is -1.92. The van der Waals surface area contributed by atoms with Crippen LogP contribution in [0.1, 0.15) is 29.2 Å². The van der Waals surface area contributed by atoms with Gasteiger partial charge < -0.3 is 14.6 Å². The molecule has 72 valence electrons. The molecule has 1 aromatic rings. The van der Waals surface area contributed by atoms with E-state index in [1.54, 1.807) is 6.07 Å². The summed E-state index contributed by atoms with van der Waals surface area (Å²) in [6.07, 6.45) is 2.19. The van der Waals surface area contributed by atoms with Crippen molar-refractivity contribution in [3.63, 3.8) is 0 Å². The minimum Gasteiger partial charge on any atom is -0.475 e. The summed E-state index contributed by atoms with van der Waals surface area (Å²) >= 11 is 0. The number of aromatic carboxylic acids is 1. The molecule has 1 rings (SSSR count). The van der Waals surface area contributed by atoms with Gasteiger partial charge in [-0.05, 0) is 25.0 Å². The van der Waals surface area contributed by atoms with E-state index in [1.165, 1.54) is 6.07 Å². The van der Waals surface area contributed by atoms with Gasteiger partial charge in [-0.1, -0.05) is 0 Å². The normalized spacial score (nSPS) is 10.2. The van der Waals surface area contributed by atoms with Crippen molar-refractivity contribution in [3.05, 3.63) is 23.7 Å². The van der Waals surface area contributed by atoms with Gasteiger partial charge in [-0.2, -0.15) is 0 Å². The Hall–Kier alpha value is -1.29. The van der Waals surface area contributed by atoms with Crippen LogP contribution in [-0.4, -0.2) is 22.8 Å². The molecule has 0 spiro atoms. The molecule has 0 saturated heterocycles. The lowest BCUT2D eigenvalue weighted by atomic mass is 10.2. The Kier molecular flexibility index (Phi) is 3.52. The first-order chi connectivity index (χ1) is 6.24. The number of carboxylic acid groups (broad SMARTS) is 1. The van der Waals surface area contributed by atoms with Gasteiger partial charge in [-0.15, -0.1) is 0 Å². The molecule has 0 saturated carbocycles. The van der Waals surface area contributed by atoms with Gasteiger partial charge in [-0.3, -0.25) is 0 Å². The first kappa shape index (κ1) is 9.80. The highest BCUT2D eigenvalue weighted by Crippen LogP contribution is 2.10. The van der Waals surface area contributed by atoms with Crippen LogP contribution >= 0.6 is 0 Å². The summed E-state index contributed by atoms with van der Waals surface area (Å²) in [6.45, 7) is 0.159. The number of hydrogen-bond acceptors (Lipinski definition) is 3. The summed E-state index contributed by atoms with van der Waals surface area (Å²) in [7, 11) is 0. The molecule has 0 radical (unpaired) electrons. The predicted octanol–water partition coefficient (Wildman–Crippen LogP) is 1.29. The number of aliphatic hydroxyl groups is 1. The maximum atomic E-state index is 10.4. The Morgan fingerprint density at radius 3 is 2.69 bits per heavy atom. The third kappa shape index (κ3) is 2.91. The Morgan fingerprint density at radius 1 is 1.38 bits per heavy atom. The number of unbranched alkanes of at least 4 members (excludes halogenated alkanes) is 1. The van der Waals surface area contributed by atoms with Crippen LogP contribution in [0.25, 0.3) is 0 Å². The molecule has 13 heavy (non-hydrogen) atoms. The van der Waals surface area contributed by atoms with Crippen LogP contribution in [0, 0.1) is 0 Å². The molecule has 0 fully saturated rings. The van der Waals surface area contributed by atoms with E-state index in [2.05, 4.69) is 0 Å². The molecule has 0 atom stereocenters. The molecule has 1 heterocycles. The molecule has 4 nitrogen and oxygen atoms in total. The lowest BCUT2D eigenvalue weighted by Gasteiger charge is -1.94. The Morgan fingerprint density at radius 2 is 2.15 bits per heavy atom. The van der Waals surface area contributed by atoms with Crippen molar-refractivity contribution in [2.45, 2.75) is 19.3 Å². The molecule has 0 bridgehead atoms. The van der Waals surface area contributed by atoms with Crippen molar-refractivity contribution in [2.24, 2.45) is 0 Å². The van der Waals surface area contributed by atoms with Gasteiger partial charge in [0.25, 0.3) is 0 Å². The van der Waals surface area contributed by atoms with Gasteiger partial charge >= 0.3 is 5.97 Å². The molecule has 0 aliphatic carbocycles. The SMILES string of the molecule is O=C(O)c1ccc(CCCCO)o1. The zero-order valence-electron chi connectivity index (χ0n) is 7.19. The number of hydrogen-bond donors (Lipinski definition) is 2. The molecule has 2 N–H and O–H groups in total. The first-order valence-electron chi connectivity index (χ1n) is 4.17. The van der Waals surface area contributed by atoms with Gasteiger partial charge in [0.1, 0.15) is 5.76 Å². The molecule has 0 amide bonds. The van der Waals surface area contributed by atoms with E-state index in [0.717, 1.165) is 6.42 Å². The van der Waals surface area contributed by atoms with E-state index in [9.17, 15) is 4.79 Å². The van der Waals surface area contributed by atoms with Crippen molar-refractivity contribution in [3.8, 4) is 0 Å². The topological polar surface area (TPSA) is 70.7 Å². The molecule has 0 aromatic carbocycles. The highest BCUT2D eigenvalue weighted by molar-refractivity contribution is 5.84. The lowest BCUT2D eigenvalue weighted by molar-refractivity contribution is 0.0660. The van der Waals surface area contributed by atoms with Crippen molar-refractivity contribution >= 4 is 5.97 Å². The number of aryl methyl sites for hydroxylation is 1. The number of aliphatic hydroxyl groups excluding tert-OH is 1. The van der Waals surface area contributed by atoms with E-state index in [0.29, 0.717) is 18.6 Å². The monoisotopic (exact) mass is 184 g/mol. The molecular formula is C9H12O4. The first-order valence-corrected chi connectivity index (χ1v) is 4.17. The van der Waals surface area contributed by atoms with Gasteiger partial charge in [0, 0.05) is 13.0 Å². The zero-order chi connectivity index (χ0) is 9.68. The molecule has 1 aromatic heterocycles. The second-order valence-corrected chi connectivity index (χ2v) is 2.75. The largest absolute Gasteiger partial charge is 0.475 e. The summed E-state index contributed by atoms with van der Waals surface area (Å²) in [4.78, 5) is 10.4. The maximum Gasteiger partial charge on any atom is 0.371 e. The van der Waals surface area contributed by atoms with Crippen LogP contribution in [0.15, 0.2) is 16.5 Å². The van der Waals surface area contributed by atoms with Gasteiger partial charge in [-0.25, -0.2) is 4.79 Å². The molecule has 4 heteroatoms. The smallest absolute Gasteiger partial charge is 0.371 e. The number of carboxylic acids is 1. The van der Waals surface area contributed by atoms with E-state index in [4.69, 9.17) is 14.6 Å². The fourth-order valence-electron chi connectivity index (χ4n) is 1.04. The summed E-state index contributed by atoms with van der Waals surface area (Å²) in [5.74, 6) is -0.418. The van der Waals surface area contributed by atoms with Crippen LogP contribution in [0.3, 0.4) is 0 Å². The minimum atomic E-state index is -1.05. The fraction of sp³-hybridized carbons (Fsp3) is 0.444. The average molecular weight is 184 g/mol. The van der Waals surface area contributed by atoms with Crippen LogP contribution < -0.4 is 0 Å². The van der Waals surface area contributed by atoms with Crippen molar-refractivity contribution in [1.82, 2.24) is 0 Å². The Bertz CT molecular complexity index is 277. The number of furan rings is 1. The quantitative estimate of drug-likeness (QED) is 0.676.